The molecule has 0 radical (unpaired) electrons. The molecule has 0 aromatic heterocycles. The Bertz CT molecular complexity index is 943. The highest BCUT2D eigenvalue weighted by Gasteiger charge is 2.24. The summed E-state index contributed by atoms with van der Waals surface area (Å²) in [6, 6.07) is 17.9. The smallest absolute Gasteiger partial charge is 0.0643 e. The van der Waals surface area contributed by atoms with Crippen LogP contribution in [0.2, 0.25) is 0 Å². The third-order valence-corrected chi connectivity index (χ3v) is 4.96. The Morgan fingerprint density at radius 3 is 1.89 bits per heavy atom. The van der Waals surface area contributed by atoms with Gasteiger partial charge in [-0.3, -0.25) is 0 Å². The largest absolute Gasteiger partial charge is 0.545 e. The highest BCUT2D eigenvalue weighted by atomic mass is 16.4. The van der Waals surface area contributed by atoms with Crippen molar-refractivity contribution < 1.29 is 19.8 Å². The molecule has 1 aliphatic heterocycles. The van der Waals surface area contributed by atoms with Crippen LogP contribution in [0.5, 0.6) is 0 Å². The molecule has 2 aliphatic rings. The Labute approximate surface area is 164 Å². The van der Waals surface area contributed by atoms with Gasteiger partial charge in [0, 0.05) is 13.1 Å². The quantitative estimate of drug-likeness (QED) is 0.728. The number of hydrogen-bond donors (Lipinski definition) is 0. The van der Waals surface area contributed by atoms with Gasteiger partial charge in [0.15, 0.2) is 0 Å². The molecular formula is C23H21NO4-2. The van der Waals surface area contributed by atoms with Crippen LogP contribution in [0.25, 0.3) is 11.1 Å². The fourth-order valence-corrected chi connectivity index (χ4v) is 3.72. The number of nitrogens with zero attached hydrogens (tertiary/aromatic N) is 1. The number of carboxylic acids is 2. The molecule has 0 saturated carbocycles. The summed E-state index contributed by atoms with van der Waals surface area (Å²) in [7, 11) is 2.23. The zero-order valence-corrected chi connectivity index (χ0v) is 15.7. The van der Waals surface area contributed by atoms with Gasteiger partial charge in [-0.1, -0.05) is 48.5 Å². The van der Waals surface area contributed by atoms with Crippen LogP contribution in [0.15, 0.2) is 60.7 Å². The minimum atomic E-state index is -1.55. The highest BCUT2D eigenvalue weighted by Crippen LogP contribution is 2.39. The van der Waals surface area contributed by atoms with Crippen LogP contribution in [0.4, 0.5) is 0 Å². The number of carboxylic acid groups (broad SMARTS) is 2. The molecule has 0 unspecified atom stereocenters. The molecule has 1 heterocycles. The molecule has 0 bridgehead atoms. The summed E-state index contributed by atoms with van der Waals surface area (Å²) in [4.78, 5) is 21.3. The summed E-state index contributed by atoms with van der Waals surface area (Å²) in [5.41, 5.74) is 9.01. The Hall–Kier alpha value is -3.18. The van der Waals surface area contributed by atoms with Gasteiger partial charge in [-0.25, -0.2) is 0 Å². The Balaban J connectivity index is 0.000000242. The fraction of sp³-hybridized carbons (Fsp3) is 0.217. The fourth-order valence-electron chi connectivity index (χ4n) is 3.72. The standard InChI is InChI=1S/C19H19N.C4H4O4/c1-20-11-10-18-16-8-4-2-6-14(16)12-15-7-3-5-9-17(15)19(18)13-20;5-3(6)1-2-4(7)8/h2-9H,10-13H2,1H3;1-2H,(H,5,6)(H,7,8)/p-2/b;2-1-. The van der Waals surface area contributed by atoms with Crippen LogP contribution in [-0.4, -0.2) is 37.0 Å². The lowest BCUT2D eigenvalue weighted by molar-refractivity contribution is -0.301. The molecule has 4 rings (SSSR count). The first-order chi connectivity index (χ1) is 13.5. The van der Waals surface area contributed by atoms with E-state index in [4.69, 9.17) is 0 Å². The molecule has 0 saturated heterocycles. The van der Waals surface area contributed by atoms with Crippen molar-refractivity contribution in [2.45, 2.75) is 12.8 Å². The number of carbonyl (C=O) groups excluding carboxylic acids is 2. The summed E-state index contributed by atoms with van der Waals surface area (Å²) in [6.45, 7) is 2.23. The lowest BCUT2D eigenvalue weighted by Gasteiger charge is -2.28. The zero-order chi connectivity index (χ0) is 20.1. The lowest BCUT2D eigenvalue weighted by atomic mass is 9.89. The van der Waals surface area contributed by atoms with Crippen molar-refractivity contribution in [3.8, 4) is 0 Å². The molecule has 2 aromatic rings. The second kappa shape index (κ2) is 8.67. The first kappa shape index (κ1) is 19.6. The number of aliphatic carboxylic acids is 2. The topological polar surface area (TPSA) is 83.5 Å². The first-order valence-electron chi connectivity index (χ1n) is 9.13. The average Bonchev–Trinajstić information content (AvgIpc) is 2.81. The predicted octanol–water partition coefficient (Wildman–Crippen LogP) is 0.879. The van der Waals surface area contributed by atoms with Crippen molar-refractivity contribution in [2.24, 2.45) is 0 Å². The van der Waals surface area contributed by atoms with Gasteiger partial charge in [-0.15, -0.1) is 0 Å². The van der Waals surface area contributed by atoms with E-state index in [0.717, 1.165) is 25.9 Å². The van der Waals surface area contributed by atoms with Crippen LogP contribution in [0, 0.1) is 0 Å². The van der Waals surface area contributed by atoms with E-state index >= 15 is 0 Å². The molecule has 0 amide bonds. The third kappa shape index (κ3) is 4.56. The van der Waals surface area contributed by atoms with Crippen LogP contribution < -0.4 is 10.2 Å². The van der Waals surface area contributed by atoms with Crippen LogP contribution >= 0.6 is 0 Å². The SMILES string of the molecule is CN1CCC2=C(C1)c1ccccc1Cc1ccccc12.O=C([O-])/C=C\C(=O)[O-]. The van der Waals surface area contributed by atoms with E-state index in [0.29, 0.717) is 12.2 Å². The maximum atomic E-state index is 9.41. The van der Waals surface area contributed by atoms with Gasteiger partial charge in [-0.2, -0.15) is 0 Å². The van der Waals surface area contributed by atoms with Gasteiger partial charge < -0.3 is 24.7 Å². The van der Waals surface area contributed by atoms with Crippen molar-refractivity contribution in [1.29, 1.82) is 0 Å². The second-order valence-corrected chi connectivity index (χ2v) is 6.91. The van der Waals surface area contributed by atoms with Crippen molar-refractivity contribution in [2.75, 3.05) is 20.1 Å². The van der Waals surface area contributed by atoms with Gasteiger partial charge in [0.1, 0.15) is 0 Å². The minimum absolute atomic E-state index is 0.384. The maximum absolute atomic E-state index is 9.41. The van der Waals surface area contributed by atoms with Gasteiger partial charge in [0.2, 0.25) is 0 Å². The Morgan fingerprint density at radius 2 is 1.36 bits per heavy atom. The number of carbonyl (C=O) groups is 2. The molecule has 144 valence electrons. The van der Waals surface area contributed by atoms with Crippen molar-refractivity contribution in [3.63, 3.8) is 0 Å². The van der Waals surface area contributed by atoms with Crippen LogP contribution in [0.1, 0.15) is 28.7 Å². The molecule has 2 aromatic carbocycles. The van der Waals surface area contributed by atoms with Crippen molar-refractivity contribution in [3.05, 3.63) is 82.9 Å². The van der Waals surface area contributed by atoms with Crippen molar-refractivity contribution >= 4 is 23.1 Å². The van der Waals surface area contributed by atoms with E-state index in [2.05, 4.69) is 60.5 Å². The van der Waals surface area contributed by atoms with Gasteiger partial charge in [-0.05, 0) is 65.4 Å². The molecule has 0 N–H and O–H groups in total. The Kier molecular flexibility index (Phi) is 6.06. The zero-order valence-electron chi connectivity index (χ0n) is 15.7. The molecule has 0 atom stereocenters. The summed E-state index contributed by atoms with van der Waals surface area (Å²) >= 11 is 0. The summed E-state index contributed by atoms with van der Waals surface area (Å²) in [5, 5.41) is 18.8. The summed E-state index contributed by atoms with van der Waals surface area (Å²) in [5.74, 6) is -3.09. The third-order valence-electron chi connectivity index (χ3n) is 4.96. The normalized spacial score (nSPS) is 15.6. The van der Waals surface area contributed by atoms with Gasteiger partial charge in [0.05, 0.1) is 11.9 Å². The lowest BCUT2D eigenvalue weighted by Crippen LogP contribution is -2.27. The molecule has 5 heteroatoms. The first-order valence-corrected chi connectivity index (χ1v) is 9.13. The number of benzene rings is 2. The monoisotopic (exact) mass is 375 g/mol. The summed E-state index contributed by atoms with van der Waals surface area (Å²) < 4.78 is 0. The van der Waals surface area contributed by atoms with Crippen LogP contribution in [0.3, 0.4) is 0 Å². The highest BCUT2D eigenvalue weighted by molar-refractivity contribution is 5.95. The number of fused-ring (bicyclic) bond motifs is 4. The molecule has 0 fully saturated rings. The second-order valence-electron chi connectivity index (χ2n) is 6.91. The van der Waals surface area contributed by atoms with Gasteiger partial charge >= 0.3 is 0 Å². The van der Waals surface area contributed by atoms with E-state index < -0.39 is 11.9 Å². The van der Waals surface area contributed by atoms with E-state index in [1.807, 2.05) is 0 Å². The molecule has 5 nitrogen and oxygen atoms in total. The van der Waals surface area contributed by atoms with E-state index in [-0.39, 0.29) is 0 Å². The number of hydrogen-bond acceptors (Lipinski definition) is 5. The van der Waals surface area contributed by atoms with Gasteiger partial charge in [0.25, 0.3) is 0 Å². The molecule has 0 spiro atoms. The van der Waals surface area contributed by atoms with E-state index in [1.165, 1.54) is 22.3 Å². The number of likely N-dealkylation sites (N-methyl/N-ethyl adjacent to an activating group) is 1. The van der Waals surface area contributed by atoms with Crippen LogP contribution in [-0.2, 0) is 16.0 Å². The number of rotatable bonds is 2. The summed E-state index contributed by atoms with van der Waals surface area (Å²) in [6.07, 6.45) is 2.99. The molecular weight excluding hydrogens is 354 g/mol. The van der Waals surface area contributed by atoms with E-state index in [9.17, 15) is 19.8 Å². The maximum Gasteiger partial charge on any atom is 0.0643 e. The predicted molar refractivity (Wildman–Crippen MR) is 104 cm³/mol. The van der Waals surface area contributed by atoms with E-state index in [1.54, 1.807) is 11.1 Å². The average molecular weight is 375 g/mol. The molecule has 28 heavy (non-hydrogen) atoms. The minimum Gasteiger partial charge on any atom is -0.545 e. The van der Waals surface area contributed by atoms with Crippen molar-refractivity contribution in [1.82, 2.24) is 4.90 Å². The molecule has 1 aliphatic carbocycles. The Morgan fingerprint density at radius 1 is 0.857 bits per heavy atom.